The Bertz CT molecular complexity index is 2140. The van der Waals surface area contributed by atoms with E-state index in [0.717, 1.165) is 79.3 Å². The third kappa shape index (κ3) is 6.59. The number of aromatic nitrogens is 2. The van der Waals surface area contributed by atoms with Gasteiger partial charge in [0.25, 0.3) is 5.91 Å². The van der Waals surface area contributed by atoms with Crippen molar-refractivity contribution < 1.29 is 19.1 Å². The Morgan fingerprint density at radius 2 is 1.77 bits per heavy atom. The predicted octanol–water partition coefficient (Wildman–Crippen LogP) is 8.71. The Labute approximate surface area is 322 Å². The summed E-state index contributed by atoms with van der Waals surface area (Å²) in [7, 11) is 2.00. The third-order valence-corrected chi connectivity index (χ3v) is 12.1. The molecule has 3 atom stereocenters. The summed E-state index contributed by atoms with van der Waals surface area (Å²) in [5, 5.41) is 9.28. The molecule has 2 aromatic heterocycles. The first kappa shape index (κ1) is 37.3. The number of amides is 1. The van der Waals surface area contributed by atoms with Gasteiger partial charge in [-0.1, -0.05) is 42.3 Å². The van der Waals surface area contributed by atoms with Crippen molar-refractivity contribution in [1.29, 1.82) is 0 Å². The minimum atomic E-state index is -0.0483. The molecular weight excluding hydrogens is 709 g/mol. The highest BCUT2D eigenvalue weighted by Gasteiger charge is 2.40. The summed E-state index contributed by atoms with van der Waals surface area (Å²) in [6, 6.07) is 10.1. The standard InChI is InChI=1S/C42H49Cl2N5O4/c1-8-52-17-15-47-30(23-50)22-29-18-24(2)19-35(39(29)47)48-13-14-49-40-33(11-12-34(43)37(40)36-27(5)45-46(7)28(36)6)32(41(49)42(48)51)10-9-16-53-31-20-25(3)38(44)26(4)21-31/h11-12,19-24,28,36H,8-10,13-18H2,1-7H3. The largest absolute Gasteiger partial charge is 0.494 e. The fourth-order valence-electron chi connectivity index (χ4n) is 8.74. The molecule has 1 amide bonds. The second-order valence-corrected chi connectivity index (χ2v) is 15.6. The minimum Gasteiger partial charge on any atom is -0.494 e. The molecule has 4 aromatic rings. The number of carbonyl (C=O) groups is 2. The molecule has 11 heteroatoms. The SMILES string of the molecule is CCOCCn1c(C=O)cc2c1C(N1CCn3c(c(CCCOc4cc(C)c(Cl)c(C)c4)c4ccc(Cl)c(C5C(C)=NN(C)C5C)c43)C1=O)=CC(C)C2. The Kier molecular flexibility index (Phi) is 10.5. The van der Waals surface area contributed by atoms with Crippen LogP contribution in [0.4, 0.5) is 0 Å². The number of hydrogen-bond acceptors (Lipinski definition) is 6. The lowest BCUT2D eigenvalue weighted by molar-refractivity contribution is 0.0792. The first-order chi connectivity index (χ1) is 25.4. The summed E-state index contributed by atoms with van der Waals surface area (Å²) in [6.07, 6.45) is 5.25. The summed E-state index contributed by atoms with van der Waals surface area (Å²) in [6.45, 7) is 15.5. The van der Waals surface area contributed by atoms with Crippen molar-refractivity contribution in [2.24, 2.45) is 11.0 Å². The van der Waals surface area contributed by atoms with Crippen LogP contribution in [-0.4, -0.2) is 76.4 Å². The molecule has 0 fully saturated rings. The van der Waals surface area contributed by atoms with Crippen LogP contribution in [0, 0.1) is 19.8 Å². The van der Waals surface area contributed by atoms with E-state index in [-0.39, 0.29) is 23.8 Å². The second-order valence-electron chi connectivity index (χ2n) is 14.8. The van der Waals surface area contributed by atoms with Gasteiger partial charge in [0, 0.05) is 65.9 Å². The van der Waals surface area contributed by atoms with E-state index in [1.807, 2.05) is 66.6 Å². The van der Waals surface area contributed by atoms with Crippen molar-refractivity contribution in [3.8, 4) is 5.75 Å². The molecule has 3 aliphatic rings. The van der Waals surface area contributed by atoms with E-state index < -0.39 is 0 Å². The van der Waals surface area contributed by atoms with E-state index in [1.54, 1.807) is 0 Å². The molecule has 0 saturated heterocycles. The molecule has 9 nitrogen and oxygen atoms in total. The molecule has 7 rings (SSSR count). The fourth-order valence-corrected chi connectivity index (χ4v) is 9.12. The first-order valence-electron chi connectivity index (χ1n) is 18.7. The lowest BCUT2D eigenvalue weighted by atomic mass is 9.87. The number of fused-ring (bicyclic) bond motifs is 4. The number of rotatable bonds is 12. The average molecular weight is 759 g/mol. The van der Waals surface area contributed by atoms with E-state index in [9.17, 15) is 4.79 Å². The number of aldehydes is 1. The Morgan fingerprint density at radius 1 is 1.02 bits per heavy atom. The fraction of sp³-hybridized carbons (Fsp3) is 0.452. The van der Waals surface area contributed by atoms with Crippen LogP contribution in [0.1, 0.15) is 94.5 Å². The monoisotopic (exact) mass is 757 g/mol. The van der Waals surface area contributed by atoms with E-state index >= 15 is 4.79 Å². The van der Waals surface area contributed by atoms with Crippen molar-refractivity contribution >= 4 is 57.7 Å². The number of hydrogen-bond donors (Lipinski definition) is 0. The highest BCUT2D eigenvalue weighted by molar-refractivity contribution is 6.33. The van der Waals surface area contributed by atoms with Crippen LogP contribution in [-0.2, 0) is 30.7 Å². The van der Waals surface area contributed by atoms with Gasteiger partial charge in [0.15, 0.2) is 6.29 Å². The van der Waals surface area contributed by atoms with Gasteiger partial charge in [-0.15, -0.1) is 0 Å². The summed E-state index contributed by atoms with van der Waals surface area (Å²) in [5.74, 6) is 0.920. The number of carbonyl (C=O) groups excluding carboxylic acids is 2. The third-order valence-electron chi connectivity index (χ3n) is 11.2. The van der Waals surface area contributed by atoms with Crippen LogP contribution in [0.2, 0.25) is 10.0 Å². The lowest BCUT2D eigenvalue weighted by Gasteiger charge is -2.35. The molecule has 280 valence electrons. The molecule has 0 N–H and O–H groups in total. The van der Waals surface area contributed by atoms with E-state index in [1.165, 1.54) is 0 Å². The molecule has 2 aliphatic heterocycles. The van der Waals surface area contributed by atoms with Crippen LogP contribution in [0.15, 0.2) is 41.5 Å². The van der Waals surface area contributed by atoms with Crippen molar-refractivity contribution in [3.63, 3.8) is 0 Å². The van der Waals surface area contributed by atoms with Crippen molar-refractivity contribution in [1.82, 2.24) is 19.0 Å². The van der Waals surface area contributed by atoms with Gasteiger partial charge >= 0.3 is 0 Å². The number of hydrazone groups is 1. The topological polar surface area (TPSA) is 81.3 Å². The zero-order chi connectivity index (χ0) is 37.7. The van der Waals surface area contributed by atoms with Crippen molar-refractivity contribution in [2.45, 2.75) is 85.9 Å². The van der Waals surface area contributed by atoms with Gasteiger partial charge in [-0.3, -0.25) is 14.6 Å². The normalized spacial score (nSPS) is 19.8. The van der Waals surface area contributed by atoms with Crippen molar-refractivity contribution in [3.05, 3.63) is 91.4 Å². The number of allylic oxidation sites excluding steroid dienone is 1. The Morgan fingerprint density at radius 3 is 2.45 bits per heavy atom. The summed E-state index contributed by atoms with van der Waals surface area (Å²) in [4.78, 5) is 29.4. The summed E-state index contributed by atoms with van der Waals surface area (Å²) in [5.41, 5.74) is 10.2. The van der Waals surface area contributed by atoms with Crippen molar-refractivity contribution in [2.75, 3.05) is 33.4 Å². The maximum Gasteiger partial charge on any atom is 0.275 e. The van der Waals surface area contributed by atoms with Crippen LogP contribution >= 0.6 is 23.2 Å². The molecule has 1 aliphatic carbocycles. The van der Waals surface area contributed by atoms with Crippen LogP contribution in [0.25, 0.3) is 16.6 Å². The van der Waals surface area contributed by atoms with E-state index in [4.69, 9.17) is 37.8 Å². The quantitative estimate of drug-likeness (QED) is 0.107. The number of likely N-dealkylation sites (N-methyl/N-ethyl adjacent to an activating group) is 1. The Balaban J connectivity index is 1.31. The predicted molar refractivity (Wildman–Crippen MR) is 213 cm³/mol. The molecule has 0 saturated carbocycles. The van der Waals surface area contributed by atoms with Gasteiger partial charge in [0.1, 0.15) is 11.4 Å². The molecule has 2 aromatic carbocycles. The lowest BCUT2D eigenvalue weighted by Crippen LogP contribution is -2.41. The molecule has 3 unspecified atom stereocenters. The molecule has 0 spiro atoms. The minimum absolute atomic E-state index is 0.0178. The number of ether oxygens (including phenoxy) is 2. The zero-order valence-electron chi connectivity index (χ0n) is 31.8. The summed E-state index contributed by atoms with van der Waals surface area (Å²) >= 11 is 13.5. The van der Waals surface area contributed by atoms with Crippen LogP contribution in [0.3, 0.4) is 0 Å². The average Bonchev–Trinajstić information content (AvgIpc) is 3.73. The zero-order valence-corrected chi connectivity index (χ0v) is 33.3. The Hall–Kier alpha value is -4.05. The maximum atomic E-state index is 15.2. The first-order valence-corrected chi connectivity index (χ1v) is 19.5. The van der Waals surface area contributed by atoms with Gasteiger partial charge in [0.2, 0.25) is 0 Å². The number of aryl methyl sites for hydroxylation is 3. The second kappa shape index (κ2) is 15.0. The molecule has 0 bridgehead atoms. The number of halogens is 2. The smallest absolute Gasteiger partial charge is 0.275 e. The van der Waals surface area contributed by atoms with Gasteiger partial charge in [-0.25, -0.2) is 0 Å². The molecule has 53 heavy (non-hydrogen) atoms. The molecule has 0 radical (unpaired) electrons. The van der Waals surface area contributed by atoms with Crippen LogP contribution in [0.5, 0.6) is 5.75 Å². The number of benzene rings is 2. The van der Waals surface area contributed by atoms with Gasteiger partial charge in [-0.05, 0) is 106 Å². The van der Waals surface area contributed by atoms with E-state index in [0.29, 0.717) is 68.7 Å². The van der Waals surface area contributed by atoms with E-state index in [2.05, 4.69) is 37.5 Å². The van der Waals surface area contributed by atoms with Gasteiger partial charge in [0.05, 0.1) is 41.9 Å². The molecular formula is C42H49Cl2N5O4. The maximum absolute atomic E-state index is 15.2. The van der Waals surface area contributed by atoms with Gasteiger partial charge in [-0.2, -0.15) is 5.10 Å². The van der Waals surface area contributed by atoms with Crippen LogP contribution < -0.4 is 4.74 Å². The van der Waals surface area contributed by atoms with Gasteiger partial charge < -0.3 is 23.5 Å². The number of nitrogens with zero attached hydrogens (tertiary/aromatic N) is 5. The summed E-state index contributed by atoms with van der Waals surface area (Å²) < 4.78 is 16.2. The highest BCUT2D eigenvalue weighted by Crippen LogP contribution is 2.44. The molecule has 4 heterocycles. The highest BCUT2D eigenvalue weighted by atomic mass is 35.5.